The third kappa shape index (κ3) is 5.62. The molecule has 3 heteroatoms. The molecule has 0 radical (unpaired) electrons. The van der Waals surface area contributed by atoms with Crippen LogP contribution in [0.15, 0.2) is 0 Å². The lowest BCUT2D eigenvalue weighted by atomic mass is 9.84. The summed E-state index contributed by atoms with van der Waals surface area (Å²) in [4.78, 5) is 2.29. The molecule has 0 aromatic heterocycles. The maximum Gasteiger partial charge on any atom is 0.0204 e. The molecule has 0 spiro atoms. The molecule has 0 aromatic rings. The van der Waals surface area contributed by atoms with Gasteiger partial charge in [-0.2, -0.15) is 11.8 Å². The third-order valence-electron chi connectivity index (χ3n) is 3.81. The molecule has 1 N–H and O–H groups in total. The maximum atomic E-state index is 3.68. The Bertz CT molecular complexity index is 197. The van der Waals surface area contributed by atoms with Crippen molar-refractivity contribution in [1.29, 1.82) is 0 Å². The Morgan fingerprint density at radius 2 is 2.00 bits per heavy atom. The summed E-state index contributed by atoms with van der Waals surface area (Å²) >= 11 is 2.19. The number of thioether (sulfide) groups is 1. The molecule has 0 aromatic carbocycles. The van der Waals surface area contributed by atoms with Crippen LogP contribution in [0.4, 0.5) is 0 Å². The highest BCUT2D eigenvalue weighted by Gasteiger charge is 2.29. The van der Waals surface area contributed by atoms with Crippen LogP contribution in [0.5, 0.6) is 0 Å². The molecule has 1 aliphatic rings. The molecule has 3 atom stereocenters. The van der Waals surface area contributed by atoms with Crippen molar-refractivity contribution in [3.63, 3.8) is 0 Å². The fourth-order valence-electron chi connectivity index (χ4n) is 2.65. The Morgan fingerprint density at radius 1 is 1.24 bits per heavy atom. The van der Waals surface area contributed by atoms with E-state index in [9.17, 15) is 0 Å². The van der Waals surface area contributed by atoms with Gasteiger partial charge in [-0.3, -0.25) is 0 Å². The summed E-state index contributed by atoms with van der Waals surface area (Å²) in [5.74, 6) is 2.25. The second-order valence-corrected chi connectivity index (χ2v) is 6.81. The van der Waals surface area contributed by atoms with E-state index in [4.69, 9.17) is 0 Å². The first-order valence-corrected chi connectivity index (χ1v) is 8.21. The van der Waals surface area contributed by atoms with Crippen LogP contribution in [0.2, 0.25) is 0 Å². The number of hydrogen-bond acceptors (Lipinski definition) is 3. The molecule has 1 fully saturated rings. The zero-order chi connectivity index (χ0) is 12.7. The van der Waals surface area contributed by atoms with E-state index in [1.165, 1.54) is 38.0 Å². The molecule has 1 aliphatic carbocycles. The quantitative estimate of drug-likeness (QED) is 0.756. The average molecular weight is 258 g/mol. The molecule has 102 valence electrons. The first kappa shape index (κ1) is 15.3. The van der Waals surface area contributed by atoms with Gasteiger partial charge in [-0.1, -0.05) is 20.3 Å². The zero-order valence-corrected chi connectivity index (χ0v) is 12.9. The third-order valence-corrected chi connectivity index (χ3v) is 5.18. The van der Waals surface area contributed by atoms with Crippen molar-refractivity contribution >= 4 is 11.8 Å². The van der Waals surface area contributed by atoms with Gasteiger partial charge in [-0.25, -0.2) is 0 Å². The number of nitrogens with one attached hydrogen (secondary N) is 1. The van der Waals surface area contributed by atoms with Crippen LogP contribution in [0.1, 0.15) is 39.5 Å². The van der Waals surface area contributed by atoms with Crippen LogP contribution < -0.4 is 5.32 Å². The fraction of sp³-hybridized carbons (Fsp3) is 1.00. The molecule has 1 saturated carbocycles. The highest BCUT2D eigenvalue weighted by Crippen LogP contribution is 2.34. The van der Waals surface area contributed by atoms with Gasteiger partial charge in [-0.05, 0) is 45.8 Å². The predicted molar refractivity (Wildman–Crippen MR) is 79.9 cm³/mol. The largest absolute Gasteiger partial charge is 0.313 e. The van der Waals surface area contributed by atoms with E-state index in [1.807, 2.05) is 0 Å². The van der Waals surface area contributed by atoms with E-state index in [0.717, 1.165) is 23.8 Å². The number of hydrogen-bond donors (Lipinski definition) is 1. The summed E-state index contributed by atoms with van der Waals surface area (Å²) < 4.78 is 0. The fourth-order valence-corrected chi connectivity index (χ4v) is 4.30. The van der Waals surface area contributed by atoms with Crippen molar-refractivity contribution in [1.82, 2.24) is 10.2 Å². The first-order chi connectivity index (χ1) is 8.17. The lowest BCUT2D eigenvalue weighted by Crippen LogP contribution is -2.42. The summed E-state index contributed by atoms with van der Waals surface area (Å²) in [6.07, 6.45) is 5.60. The Kier molecular flexibility index (Phi) is 7.56. The van der Waals surface area contributed by atoms with Crippen LogP contribution in [0.25, 0.3) is 0 Å². The van der Waals surface area contributed by atoms with Crippen molar-refractivity contribution in [2.45, 2.75) is 50.8 Å². The summed E-state index contributed by atoms with van der Waals surface area (Å²) in [7, 11) is 4.33. The predicted octanol–water partition coefficient (Wildman–Crippen LogP) is 2.84. The molecular formula is C14H30N2S. The second kappa shape index (κ2) is 8.39. The van der Waals surface area contributed by atoms with E-state index in [2.05, 4.69) is 49.9 Å². The number of rotatable bonds is 7. The van der Waals surface area contributed by atoms with Crippen LogP contribution >= 0.6 is 11.8 Å². The van der Waals surface area contributed by atoms with Gasteiger partial charge in [0.15, 0.2) is 0 Å². The minimum absolute atomic E-state index is 0.759. The molecule has 0 bridgehead atoms. The van der Waals surface area contributed by atoms with E-state index in [-0.39, 0.29) is 0 Å². The first-order valence-electron chi connectivity index (χ1n) is 7.17. The monoisotopic (exact) mass is 258 g/mol. The van der Waals surface area contributed by atoms with Gasteiger partial charge in [0.2, 0.25) is 0 Å². The van der Waals surface area contributed by atoms with Crippen LogP contribution in [0, 0.1) is 5.92 Å². The average Bonchev–Trinajstić information content (AvgIpc) is 2.31. The van der Waals surface area contributed by atoms with E-state index >= 15 is 0 Å². The lowest BCUT2D eigenvalue weighted by Gasteiger charge is -2.36. The molecule has 2 nitrogen and oxygen atoms in total. The smallest absolute Gasteiger partial charge is 0.0204 e. The summed E-state index contributed by atoms with van der Waals surface area (Å²) in [5.41, 5.74) is 0. The molecular weight excluding hydrogens is 228 g/mol. The van der Waals surface area contributed by atoms with Crippen molar-refractivity contribution in [3.05, 3.63) is 0 Å². The van der Waals surface area contributed by atoms with Gasteiger partial charge < -0.3 is 10.2 Å². The molecule has 1 rings (SSSR count). The topological polar surface area (TPSA) is 15.3 Å². The normalized spacial score (nSPS) is 29.8. The van der Waals surface area contributed by atoms with Gasteiger partial charge in [0.25, 0.3) is 0 Å². The van der Waals surface area contributed by atoms with E-state index in [0.29, 0.717) is 0 Å². The highest BCUT2D eigenvalue weighted by molar-refractivity contribution is 8.00. The van der Waals surface area contributed by atoms with Crippen molar-refractivity contribution in [2.75, 3.05) is 32.9 Å². The molecule has 0 aliphatic heterocycles. The van der Waals surface area contributed by atoms with Crippen molar-refractivity contribution in [2.24, 2.45) is 5.92 Å². The summed E-state index contributed by atoms with van der Waals surface area (Å²) in [6.45, 7) is 6.90. The molecule has 3 unspecified atom stereocenters. The summed E-state index contributed by atoms with van der Waals surface area (Å²) in [5, 5.41) is 4.52. The highest BCUT2D eigenvalue weighted by atomic mass is 32.2. The van der Waals surface area contributed by atoms with Crippen molar-refractivity contribution < 1.29 is 0 Å². The Morgan fingerprint density at radius 3 is 2.59 bits per heavy atom. The van der Waals surface area contributed by atoms with Gasteiger partial charge in [0, 0.05) is 23.6 Å². The zero-order valence-electron chi connectivity index (χ0n) is 12.0. The Hall–Kier alpha value is 0.270. The number of nitrogens with zero attached hydrogens (tertiary/aromatic N) is 1. The lowest BCUT2D eigenvalue weighted by molar-refractivity contribution is 0.297. The van der Waals surface area contributed by atoms with E-state index in [1.54, 1.807) is 0 Å². The molecule has 0 saturated heterocycles. The Labute approximate surface area is 112 Å². The van der Waals surface area contributed by atoms with Gasteiger partial charge in [0.1, 0.15) is 0 Å². The van der Waals surface area contributed by atoms with E-state index < -0.39 is 0 Å². The SMILES string of the molecule is CCNC1CCC(CC)CC1SCCN(C)C. The summed E-state index contributed by atoms with van der Waals surface area (Å²) in [6, 6.07) is 0.759. The van der Waals surface area contributed by atoms with Gasteiger partial charge in [-0.15, -0.1) is 0 Å². The van der Waals surface area contributed by atoms with Crippen LogP contribution in [0.3, 0.4) is 0 Å². The minimum Gasteiger partial charge on any atom is -0.313 e. The molecule has 17 heavy (non-hydrogen) atoms. The van der Waals surface area contributed by atoms with Crippen LogP contribution in [-0.4, -0.2) is 49.1 Å². The second-order valence-electron chi connectivity index (χ2n) is 5.46. The van der Waals surface area contributed by atoms with Crippen LogP contribution in [-0.2, 0) is 0 Å². The Balaban J connectivity index is 2.37. The maximum absolute atomic E-state index is 3.68. The molecule has 0 amide bonds. The van der Waals surface area contributed by atoms with Gasteiger partial charge in [0.05, 0.1) is 0 Å². The molecule has 0 heterocycles. The standard InChI is InChI=1S/C14H30N2S/c1-5-12-7-8-13(15-6-2)14(11-12)17-10-9-16(3)4/h12-15H,5-11H2,1-4H3. The van der Waals surface area contributed by atoms with Crippen molar-refractivity contribution in [3.8, 4) is 0 Å². The van der Waals surface area contributed by atoms with Gasteiger partial charge >= 0.3 is 0 Å². The minimum atomic E-state index is 0.759.